The number of fused-ring (bicyclic) bond motifs is 1. The highest BCUT2D eigenvalue weighted by molar-refractivity contribution is 6.04. The van der Waals surface area contributed by atoms with Gasteiger partial charge in [-0.25, -0.2) is 13.6 Å². The van der Waals surface area contributed by atoms with Crippen molar-refractivity contribution in [3.63, 3.8) is 0 Å². The third kappa shape index (κ3) is 4.16. The van der Waals surface area contributed by atoms with Gasteiger partial charge in [-0.1, -0.05) is 13.8 Å². The number of amides is 2. The number of H-pyrrole nitrogens is 1. The highest BCUT2D eigenvalue weighted by Gasteiger charge is 2.29. The molecule has 0 fully saturated rings. The second kappa shape index (κ2) is 8.74. The van der Waals surface area contributed by atoms with Crippen LogP contribution in [0.4, 0.5) is 30.6 Å². The molecule has 2 aromatic heterocycles. The monoisotopic (exact) mass is 439 g/mol. The number of rotatable bonds is 6. The third-order valence-electron chi connectivity index (χ3n) is 5.16. The Bertz CT molecular complexity index is 1180. The molecule has 32 heavy (non-hydrogen) atoms. The van der Waals surface area contributed by atoms with E-state index in [0.29, 0.717) is 40.5 Å². The van der Waals surface area contributed by atoms with Crippen LogP contribution in [0.25, 0.3) is 11.4 Å². The maximum Gasteiger partial charge on any atom is 0.326 e. The van der Waals surface area contributed by atoms with E-state index in [1.165, 1.54) is 23.4 Å². The number of carbonyl (C=O) groups is 1. The molecule has 3 aromatic rings. The minimum atomic E-state index is -0.773. The molecule has 0 spiro atoms. The molecule has 4 rings (SSSR count). The van der Waals surface area contributed by atoms with Gasteiger partial charge < -0.3 is 16.0 Å². The molecule has 0 radical (unpaired) electrons. The molecule has 1 aromatic carbocycles. The van der Waals surface area contributed by atoms with E-state index in [2.05, 4.69) is 39.7 Å². The van der Waals surface area contributed by atoms with E-state index in [1.54, 1.807) is 12.3 Å². The van der Waals surface area contributed by atoms with Gasteiger partial charge in [0.15, 0.2) is 0 Å². The first-order valence-electron chi connectivity index (χ1n) is 10.2. The van der Waals surface area contributed by atoms with Crippen LogP contribution < -0.4 is 15.5 Å². The number of aromatic amines is 1. The van der Waals surface area contributed by atoms with Gasteiger partial charge in [-0.3, -0.25) is 15.0 Å². The molecule has 1 aliphatic heterocycles. The maximum absolute atomic E-state index is 14.3. The van der Waals surface area contributed by atoms with Crippen LogP contribution in [-0.4, -0.2) is 40.5 Å². The molecule has 0 atom stereocenters. The molecule has 0 aliphatic carbocycles. The largest absolute Gasteiger partial charge is 0.384 e. The summed E-state index contributed by atoms with van der Waals surface area (Å²) in [4.78, 5) is 18.5. The zero-order valence-electron chi connectivity index (χ0n) is 17.7. The van der Waals surface area contributed by atoms with Gasteiger partial charge in [0.2, 0.25) is 0 Å². The average molecular weight is 439 g/mol. The second-order valence-electron chi connectivity index (χ2n) is 7.96. The fraction of sp³-hybridized carbons (Fsp3) is 0.273. The van der Waals surface area contributed by atoms with E-state index in [9.17, 15) is 13.6 Å². The Morgan fingerprint density at radius 2 is 2.09 bits per heavy atom. The van der Waals surface area contributed by atoms with Crippen molar-refractivity contribution in [2.24, 2.45) is 5.92 Å². The van der Waals surface area contributed by atoms with Crippen molar-refractivity contribution in [1.29, 1.82) is 5.41 Å². The van der Waals surface area contributed by atoms with Gasteiger partial charge in [0.25, 0.3) is 0 Å². The van der Waals surface area contributed by atoms with Crippen LogP contribution >= 0.6 is 0 Å². The molecule has 4 N–H and O–H groups in total. The van der Waals surface area contributed by atoms with E-state index in [4.69, 9.17) is 5.41 Å². The van der Waals surface area contributed by atoms with Crippen molar-refractivity contribution in [2.45, 2.75) is 20.3 Å². The minimum absolute atomic E-state index is 0.0857. The number of nitrogens with one attached hydrogen (secondary N) is 4. The van der Waals surface area contributed by atoms with E-state index in [-0.39, 0.29) is 12.2 Å². The van der Waals surface area contributed by atoms with Crippen molar-refractivity contribution in [1.82, 2.24) is 15.2 Å². The number of benzene rings is 1. The summed E-state index contributed by atoms with van der Waals surface area (Å²) in [7, 11) is 0. The number of anilines is 3. The van der Waals surface area contributed by atoms with Crippen LogP contribution in [0.2, 0.25) is 0 Å². The SMILES string of the molecule is CC(C)CNc1cc(-c2[nH]ncc2NC(=O)N2CCc3cc(F)cc(F)c32)ncc1C=N. The number of carbonyl (C=O) groups excluding carboxylic acids is 1. The molecule has 0 unspecified atom stereocenters. The molecule has 0 bridgehead atoms. The van der Waals surface area contributed by atoms with Crippen molar-refractivity contribution in [3.05, 3.63) is 53.4 Å². The molecule has 10 heteroatoms. The van der Waals surface area contributed by atoms with Crippen molar-refractivity contribution < 1.29 is 13.6 Å². The predicted molar refractivity (Wildman–Crippen MR) is 119 cm³/mol. The summed E-state index contributed by atoms with van der Waals surface area (Å²) < 4.78 is 27.8. The van der Waals surface area contributed by atoms with Gasteiger partial charge in [0.05, 0.1) is 23.3 Å². The second-order valence-corrected chi connectivity index (χ2v) is 7.96. The summed E-state index contributed by atoms with van der Waals surface area (Å²) in [5.41, 5.74) is 3.28. The van der Waals surface area contributed by atoms with Crippen molar-refractivity contribution in [3.8, 4) is 11.4 Å². The number of hydrogen-bond donors (Lipinski definition) is 4. The molecule has 1 aliphatic rings. The van der Waals surface area contributed by atoms with E-state index in [0.717, 1.165) is 18.3 Å². The number of urea groups is 1. The number of pyridine rings is 1. The van der Waals surface area contributed by atoms with E-state index >= 15 is 0 Å². The van der Waals surface area contributed by atoms with Crippen LogP contribution in [0.15, 0.2) is 30.6 Å². The molecule has 166 valence electrons. The van der Waals surface area contributed by atoms with Crippen LogP contribution in [0.3, 0.4) is 0 Å². The highest BCUT2D eigenvalue weighted by Crippen LogP contribution is 2.33. The number of aromatic nitrogens is 3. The molecule has 0 saturated heterocycles. The quantitative estimate of drug-likeness (QED) is 0.427. The molecular weight excluding hydrogens is 416 g/mol. The zero-order valence-corrected chi connectivity index (χ0v) is 17.7. The molecule has 8 nitrogen and oxygen atoms in total. The van der Waals surface area contributed by atoms with Crippen molar-refractivity contribution in [2.75, 3.05) is 28.6 Å². The number of halogens is 2. The fourth-order valence-electron chi connectivity index (χ4n) is 3.60. The Hall–Kier alpha value is -3.82. The summed E-state index contributed by atoms with van der Waals surface area (Å²) >= 11 is 0. The highest BCUT2D eigenvalue weighted by atomic mass is 19.1. The van der Waals surface area contributed by atoms with Gasteiger partial charge >= 0.3 is 6.03 Å². The predicted octanol–water partition coefficient (Wildman–Crippen LogP) is 4.41. The summed E-state index contributed by atoms with van der Waals surface area (Å²) in [6, 6.07) is 3.24. The lowest BCUT2D eigenvalue weighted by Crippen LogP contribution is -2.34. The zero-order chi connectivity index (χ0) is 22.8. The maximum atomic E-state index is 14.3. The molecule has 3 heterocycles. The van der Waals surface area contributed by atoms with Crippen molar-refractivity contribution >= 4 is 29.3 Å². The molecule has 0 saturated carbocycles. The average Bonchev–Trinajstić information content (AvgIpc) is 3.39. The first kappa shape index (κ1) is 21.4. The van der Waals surface area contributed by atoms with Gasteiger partial charge in [-0.05, 0) is 30.0 Å². The van der Waals surface area contributed by atoms with E-state index < -0.39 is 17.7 Å². The Morgan fingerprint density at radius 1 is 1.28 bits per heavy atom. The summed E-state index contributed by atoms with van der Waals surface area (Å²) in [5.74, 6) is -1.03. The van der Waals surface area contributed by atoms with E-state index in [1.807, 2.05) is 0 Å². The third-order valence-corrected chi connectivity index (χ3v) is 5.16. The minimum Gasteiger partial charge on any atom is -0.384 e. The standard InChI is InChI=1S/C22H23F2N7O/c1-12(2)9-26-17-7-18(27-10-14(17)8-25)20-19(11-28-30-20)29-22(32)31-4-3-13-5-15(23)6-16(24)21(13)31/h5-8,10-12,25H,3-4,9H2,1-2H3,(H,26,27)(H,28,30)(H,29,32). The van der Waals surface area contributed by atoms with Gasteiger partial charge in [0, 0.05) is 42.8 Å². The number of nitrogens with zero attached hydrogens (tertiary/aromatic N) is 3. The first-order chi connectivity index (χ1) is 15.4. The first-order valence-corrected chi connectivity index (χ1v) is 10.2. The summed E-state index contributed by atoms with van der Waals surface area (Å²) in [5, 5.41) is 20.5. The number of hydrogen-bond acceptors (Lipinski definition) is 5. The lowest BCUT2D eigenvalue weighted by molar-refractivity contribution is 0.257. The Balaban J connectivity index is 1.59. The fourth-order valence-corrected chi connectivity index (χ4v) is 3.60. The van der Waals surface area contributed by atoms with Crippen LogP contribution in [-0.2, 0) is 6.42 Å². The molecular formula is C22H23F2N7O. The Morgan fingerprint density at radius 3 is 2.84 bits per heavy atom. The Kier molecular flexibility index (Phi) is 5.85. The van der Waals surface area contributed by atoms with Gasteiger partial charge in [0.1, 0.15) is 17.3 Å². The van der Waals surface area contributed by atoms with Gasteiger partial charge in [-0.2, -0.15) is 5.10 Å². The normalized spacial score (nSPS) is 12.7. The van der Waals surface area contributed by atoms with Crippen LogP contribution in [0.1, 0.15) is 25.0 Å². The van der Waals surface area contributed by atoms with Gasteiger partial charge in [-0.15, -0.1) is 0 Å². The lowest BCUT2D eigenvalue weighted by atomic mass is 10.1. The van der Waals surface area contributed by atoms with Crippen LogP contribution in [0, 0.1) is 23.0 Å². The summed E-state index contributed by atoms with van der Waals surface area (Å²) in [6.07, 6.45) is 4.60. The smallest absolute Gasteiger partial charge is 0.326 e. The van der Waals surface area contributed by atoms with Crippen LogP contribution in [0.5, 0.6) is 0 Å². The topological polar surface area (TPSA) is 110 Å². The molecule has 2 amide bonds. The Labute approximate surface area is 183 Å². The summed E-state index contributed by atoms with van der Waals surface area (Å²) in [6.45, 7) is 5.12. The lowest BCUT2D eigenvalue weighted by Gasteiger charge is -2.18.